The van der Waals surface area contributed by atoms with Gasteiger partial charge in [-0.15, -0.1) is 0 Å². The first kappa shape index (κ1) is 18.8. The molecule has 0 aliphatic carbocycles. The highest BCUT2D eigenvalue weighted by Crippen LogP contribution is 2.19. The minimum absolute atomic E-state index is 0.199. The molecule has 7 heteroatoms. The zero-order valence-electron chi connectivity index (χ0n) is 14.4. The molecule has 0 saturated carbocycles. The predicted molar refractivity (Wildman–Crippen MR) is 98.4 cm³/mol. The maximum atomic E-state index is 12.4. The minimum atomic E-state index is -3.39. The standard InChI is InChI=1S/C18H22N2O4S/c1-4-24-17-10-8-14(9-11-17)13(2)19-18(21)15-6-5-7-16(12-15)20-25(3,22)23/h5-13,20H,4H2,1-3H3,(H,19,21)/t13-/m0/s1. The van der Waals surface area contributed by atoms with Crippen LogP contribution in [0.3, 0.4) is 0 Å². The lowest BCUT2D eigenvalue weighted by atomic mass is 10.1. The first-order chi connectivity index (χ1) is 11.8. The third kappa shape index (κ3) is 5.79. The van der Waals surface area contributed by atoms with Crippen LogP contribution in [-0.4, -0.2) is 27.2 Å². The molecule has 1 atom stereocenters. The van der Waals surface area contributed by atoms with Gasteiger partial charge in [-0.05, 0) is 49.7 Å². The van der Waals surface area contributed by atoms with Crippen molar-refractivity contribution in [1.29, 1.82) is 0 Å². The van der Waals surface area contributed by atoms with Crippen molar-refractivity contribution < 1.29 is 17.9 Å². The summed E-state index contributed by atoms with van der Waals surface area (Å²) >= 11 is 0. The number of amides is 1. The summed E-state index contributed by atoms with van der Waals surface area (Å²) in [7, 11) is -3.39. The lowest BCUT2D eigenvalue weighted by Crippen LogP contribution is -2.26. The second-order valence-corrected chi connectivity index (χ2v) is 7.40. The average molecular weight is 362 g/mol. The van der Waals surface area contributed by atoms with Crippen molar-refractivity contribution in [2.45, 2.75) is 19.9 Å². The van der Waals surface area contributed by atoms with E-state index in [1.807, 2.05) is 38.1 Å². The van der Waals surface area contributed by atoms with Gasteiger partial charge in [-0.1, -0.05) is 18.2 Å². The number of benzene rings is 2. The number of carbonyl (C=O) groups excluding carboxylic acids is 1. The molecule has 0 aliphatic rings. The number of sulfonamides is 1. The number of anilines is 1. The van der Waals surface area contributed by atoms with Crippen LogP contribution < -0.4 is 14.8 Å². The lowest BCUT2D eigenvalue weighted by molar-refractivity contribution is 0.0940. The Balaban J connectivity index is 2.07. The molecular weight excluding hydrogens is 340 g/mol. The molecule has 25 heavy (non-hydrogen) atoms. The monoisotopic (exact) mass is 362 g/mol. The Bertz CT molecular complexity index is 832. The summed E-state index contributed by atoms with van der Waals surface area (Å²) < 4.78 is 30.4. The van der Waals surface area contributed by atoms with Gasteiger partial charge in [-0.2, -0.15) is 0 Å². The Morgan fingerprint density at radius 1 is 1.16 bits per heavy atom. The molecule has 0 bridgehead atoms. The van der Waals surface area contributed by atoms with E-state index in [1.54, 1.807) is 18.2 Å². The molecule has 0 aromatic heterocycles. The van der Waals surface area contributed by atoms with Crippen LogP contribution in [0.25, 0.3) is 0 Å². The molecule has 2 N–H and O–H groups in total. The molecule has 134 valence electrons. The average Bonchev–Trinajstić information content (AvgIpc) is 2.54. The summed E-state index contributed by atoms with van der Waals surface area (Å²) in [6.45, 7) is 4.40. The number of rotatable bonds is 7. The maximum absolute atomic E-state index is 12.4. The van der Waals surface area contributed by atoms with Crippen molar-refractivity contribution in [2.75, 3.05) is 17.6 Å². The van der Waals surface area contributed by atoms with Gasteiger partial charge in [0.05, 0.1) is 18.9 Å². The van der Waals surface area contributed by atoms with Crippen LogP contribution in [0, 0.1) is 0 Å². The van der Waals surface area contributed by atoms with Gasteiger partial charge in [0.15, 0.2) is 0 Å². The molecule has 6 nitrogen and oxygen atoms in total. The Morgan fingerprint density at radius 3 is 2.44 bits per heavy atom. The van der Waals surface area contributed by atoms with Crippen LogP contribution >= 0.6 is 0 Å². The van der Waals surface area contributed by atoms with E-state index in [9.17, 15) is 13.2 Å². The fourth-order valence-corrected chi connectivity index (χ4v) is 2.88. The van der Waals surface area contributed by atoms with Crippen LogP contribution in [-0.2, 0) is 10.0 Å². The van der Waals surface area contributed by atoms with E-state index in [-0.39, 0.29) is 11.9 Å². The molecule has 0 radical (unpaired) electrons. The second-order valence-electron chi connectivity index (χ2n) is 5.65. The van der Waals surface area contributed by atoms with Gasteiger partial charge in [-0.3, -0.25) is 9.52 Å². The van der Waals surface area contributed by atoms with E-state index in [1.165, 1.54) is 6.07 Å². The van der Waals surface area contributed by atoms with Crippen LogP contribution in [0.2, 0.25) is 0 Å². The van der Waals surface area contributed by atoms with Gasteiger partial charge < -0.3 is 10.1 Å². The molecule has 0 fully saturated rings. The zero-order valence-corrected chi connectivity index (χ0v) is 15.3. The molecule has 0 unspecified atom stereocenters. The van der Waals surface area contributed by atoms with Gasteiger partial charge >= 0.3 is 0 Å². The fraction of sp³-hybridized carbons (Fsp3) is 0.278. The third-order valence-electron chi connectivity index (χ3n) is 3.47. The van der Waals surface area contributed by atoms with E-state index in [4.69, 9.17) is 4.74 Å². The largest absolute Gasteiger partial charge is 0.494 e. The highest BCUT2D eigenvalue weighted by atomic mass is 32.2. The van der Waals surface area contributed by atoms with Crippen LogP contribution in [0.4, 0.5) is 5.69 Å². The van der Waals surface area contributed by atoms with Gasteiger partial charge in [-0.25, -0.2) is 8.42 Å². The number of ether oxygens (including phenoxy) is 1. The molecule has 0 spiro atoms. The minimum Gasteiger partial charge on any atom is -0.494 e. The quantitative estimate of drug-likeness (QED) is 0.793. The van der Waals surface area contributed by atoms with E-state index in [0.29, 0.717) is 17.9 Å². The topological polar surface area (TPSA) is 84.5 Å². The molecule has 2 rings (SSSR count). The number of carbonyl (C=O) groups is 1. The Kier molecular flexibility index (Phi) is 6.03. The van der Waals surface area contributed by atoms with Gasteiger partial charge in [0, 0.05) is 11.3 Å². The Labute approximate surface area is 148 Å². The van der Waals surface area contributed by atoms with Crippen molar-refractivity contribution in [1.82, 2.24) is 5.32 Å². The van der Waals surface area contributed by atoms with E-state index in [2.05, 4.69) is 10.0 Å². The molecule has 2 aromatic rings. The summed E-state index contributed by atoms with van der Waals surface area (Å²) in [6.07, 6.45) is 1.06. The maximum Gasteiger partial charge on any atom is 0.251 e. The van der Waals surface area contributed by atoms with E-state index < -0.39 is 10.0 Å². The first-order valence-electron chi connectivity index (χ1n) is 7.90. The first-order valence-corrected chi connectivity index (χ1v) is 9.79. The van der Waals surface area contributed by atoms with E-state index >= 15 is 0 Å². The normalized spacial score (nSPS) is 12.3. The molecule has 0 heterocycles. The zero-order chi connectivity index (χ0) is 18.4. The highest BCUT2D eigenvalue weighted by molar-refractivity contribution is 7.92. The van der Waals surface area contributed by atoms with Gasteiger partial charge in [0.2, 0.25) is 10.0 Å². The van der Waals surface area contributed by atoms with Crippen molar-refractivity contribution in [3.8, 4) is 5.75 Å². The lowest BCUT2D eigenvalue weighted by Gasteiger charge is -2.15. The summed E-state index contributed by atoms with van der Waals surface area (Å²) in [5.41, 5.74) is 1.68. The predicted octanol–water partition coefficient (Wildman–Crippen LogP) is 2.95. The molecular formula is C18H22N2O4S. The highest BCUT2D eigenvalue weighted by Gasteiger charge is 2.13. The van der Waals surface area contributed by atoms with Crippen LogP contribution in [0.15, 0.2) is 48.5 Å². The van der Waals surface area contributed by atoms with Crippen molar-refractivity contribution in [3.63, 3.8) is 0 Å². The number of nitrogens with one attached hydrogen (secondary N) is 2. The molecule has 1 amide bonds. The summed E-state index contributed by atoms with van der Waals surface area (Å²) in [5, 5.41) is 2.90. The van der Waals surface area contributed by atoms with Gasteiger partial charge in [0.25, 0.3) is 5.91 Å². The SMILES string of the molecule is CCOc1ccc([C@H](C)NC(=O)c2cccc(NS(C)(=O)=O)c2)cc1. The molecule has 0 saturated heterocycles. The number of hydrogen-bond acceptors (Lipinski definition) is 4. The Hall–Kier alpha value is -2.54. The summed E-state index contributed by atoms with van der Waals surface area (Å²) in [5.74, 6) is 0.503. The van der Waals surface area contributed by atoms with Crippen molar-refractivity contribution >= 4 is 21.6 Å². The summed E-state index contributed by atoms with van der Waals surface area (Å²) in [6, 6.07) is 13.7. The van der Waals surface area contributed by atoms with Crippen LogP contribution in [0.5, 0.6) is 5.75 Å². The Morgan fingerprint density at radius 2 is 1.84 bits per heavy atom. The third-order valence-corrected chi connectivity index (χ3v) is 4.07. The smallest absolute Gasteiger partial charge is 0.251 e. The summed E-state index contributed by atoms with van der Waals surface area (Å²) in [4.78, 5) is 12.4. The number of hydrogen-bond donors (Lipinski definition) is 2. The van der Waals surface area contributed by atoms with E-state index in [0.717, 1.165) is 17.6 Å². The van der Waals surface area contributed by atoms with Crippen molar-refractivity contribution in [3.05, 3.63) is 59.7 Å². The van der Waals surface area contributed by atoms with Crippen molar-refractivity contribution in [2.24, 2.45) is 0 Å². The molecule has 0 aliphatic heterocycles. The fourth-order valence-electron chi connectivity index (χ4n) is 2.32. The second kappa shape index (κ2) is 8.02. The molecule has 2 aromatic carbocycles. The van der Waals surface area contributed by atoms with Gasteiger partial charge in [0.1, 0.15) is 5.75 Å². The van der Waals surface area contributed by atoms with Crippen LogP contribution in [0.1, 0.15) is 35.8 Å².